The number of ether oxygens (including phenoxy) is 1. The molecule has 0 radical (unpaired) electrons. The van der Waals surface area contributed by atoms with Crippen molar-refractivity contribution in [1.82, 2.24) is 0 Å². The Morgan fingerprint density at radius 1 is 1.12 bits per heavy atom. The quantitative estimate of drug-likeness (QED) is 0.108. The molecule has 0 aliphatic rings. The van der Waals surface area contributed by atoms with E-state index in [9.17, 15) is 19.8 Å². The van der Waals surface area contributed by atoms with Crippen LogP contribution in [0.4, 0.5) is 0 Å². The number of aldehydes is 1. The SMILES string of the molecule is CC/C=C/C(O)=C\C(O)=C(/C)C(=O)OC(C)C/C=C/CC/C=C/C=O. The van der Waals surface area contributed by atoms with Crippen molar-refractivity contribution in [2.75, 3.05) is 0 Å². The Labute approximate surface area is 149 Å². The molecule has 25 heavy (non-hydrogen) atoms. The van der Waals surface area contributed by atoms with Crippen molar-refractivity contribution in [1.29, 1.82) is 0 Å². The van der Waals surface area contributed by atoms with Gasteiger partial charge >= 0.3 is 5.97 Å². The van der Waals surface area contributed by atoms with Gasteiger partial charge in [-0.3, -0.25) is 4.79 Å². The molecule has 5 nitrogen and oxygen atoms in total. The minimum atomic E-state index is -0.629. The molecule has 5 heteroatoms. The Balaban J connectivity index is 4.47. The van der Waals surface area contributed by atoms with Crippen molar-refractivity contribution in [2.45, 2.75) is 52.6 Å². The van der Waals surface area contributed by atoms with E-state index in [-0.39, 0.29) is 23.2 Å². The van der Waals surface area contributed by atoms with Crippen LogP contribution in [0.3, 0.4) is 0 Å². The lowest BCUT2D eigenvalue weighted by Crippen LogP contribution is -2.16. The molecule has 0 fully saturated rings. The molecule has 0 aromatic rings. The van der Waals surface area contributed by atoms with Crippen LogP contribution < -0.4 is 0 Å². The monoisotopic (exact) mass is 348 g/mol. The highest BCUT2D eigenvalue weighted by atomic mass is 16.5. The molecule has 0 amide bonds. The Kier molecular flexibility index (Phi) is 12.4. The third-order valence-electron chi connectivity index (χ3n) is 3.16. The maximum absolute atomic E-state index is 12.0. The van der Waals surface area contributed by atoms with Gasteiger partial charge in [0.15, 0.2) is 0 Å². The summed E-state index contributed by atoms with van der Waals surface area (Å²) in [5.41, 5.74) is 0.0336. The smallest absolute Gasteiger partial charge is 0.337 e. The van der Waals surface area contributed by atoms with Gasteiger partial charge in [-0.25, -0.2) is 4.79 Å². The van der Waals surface area contributed by atoms with Crippen LogP contribution in [-0.4, -0.2) is 28.6 Å². The van der Waals surface area contributed by atoms with Gasteiger partial charge in [-0.15, -0.1) is 0 Å². The second kappa shape index (κ2) is 13.8. The molecule has 0 aliphatic heterocycles. The van der Waals surface area contributed by atoms with Crippen LogP contribution in [0.1, 0.15) is 46.5 Å². The molecule has 1 atom stereocenters. The van der Waals surface area contributed by atoms with E-state index in [4.69, 9.17) is 4.74 Å². The van der Waals surface area contributed by atoms with E-state index < -0.39 is 5.97 Å². The minimum absolute atomic E-state index is 0.0336. The van der Waals surface area contributed by atoms with Crippen molar-refractivity contribution >= 4 is 12.3 Å². The van der Waals surface area contributed by atoms with Crippen LogP contribution in [0.2, 0.25) is 0 Å². The summed E-state index contributed by atoms with van der Waals surface area (Å²) in [4.78, 5) is 22.1. The lowest BCUT2D eigenvalue weighted by atomic mass is 10.2. The number of unbranched alkanes of at least 4 members (excludes halogenated alkanes) is 1. The number of aliphatic hydroxyl groups excluding tert-OH is 2. The lowest BCUT2D eigenvalue weighted by molar-refractivity contribution is -0.143. The molecule has 0 saturated heterocycles. The maximum Gasteiger partial charge on any atom is 0.337 e. The Morgan fingerprint density at radius 3 is 2.44 bits per heavy atom. The van der Waals surface area contributed by atoms with E-state index in [2.05, 4.69) is 0 Å². The fourth-order valence-electron chi connectivity index (χ4n) is 1.71. The van der Waals surface area contributed by atoms with Gasteiger partial charge in [-0.05, 0) is 45.3 Å². The molecule has 0 heterocycles. The highest BCUT2D eigenvalue weighted by Gasteiger charge is 2.14. The van der Waals surface area contributed by atoms with E-state index >= 15 is 0 Å². The standard InChI is InChI=1S/C20H28O5/c1-4-5-13-18(22)15-19(23)17(3)20(24)25-16(2)12-10-8-6-7-9-11-14-21/h5,8-11,13-16,22-23H,4,6-7,12H2,1-3H3/b10-8+,11-9+,13-5+,18-15+,19-17-. The van der Waals surface area contributed by atoms with Gasteiger partial charge in [0, 0.05) is 12.5 Å². The summed E-state index contributed by atoms with van der Waals surface area (Å²) in [7, 11) is 0. The molecule has 1 unspecified atom stereocenters. The highest BCUT2D eigenvalue weighted by Crippen LogP contribution is 2.10. The average Bonchev–Trinajstić information content (AvgIpc) is 2.58. The van der Waals surface area contributed by atoms with Crippen LogP contribution in [0.25, 0.3) is 0 Å². The molecule has 0 bridgehead atoms. The number of allylic oxidation sites excluding steroid dienone is 6. The number of carbonyl (C=O) groups is 2. The first-order chi connectivity index (χ1) is 11.9. The summed E-state index contributed by atoms with van der Waals surface area (Å²) in [5.74, 6) is -1.09. The molecule has 0 saturated carbocycles. The second-order valence-electron chi connectivity index (χ2n) is 5.45. The predicted molar refractivity (Wildman–Crippen MR) is 99.2 cm³/mol. The summed E-state index contributed by atoms with van der Waals surface area (Å²) in [6, 6.07) is 0. The fourth-order valence-corrected chi connectivity index (χ4v) is 1.71. The number of aliphatic hydroxyl groups is 2. The van der Waals surface area contributed by atoms with Gasteiger partial charge in [0.05, 0.1) is 5.57 Å². The second-order valence-corrected chi connectivity index (χ2v) is 5.45. The summed E-state index contributed by atoms with van der Waals surface area (Å²) >= 11 is 0. The third kappa shape index (κ3) is 11.6. The Hall–Kier alpha value is -2.56. The molecule has 0 aromatic carbocycles. The lowest BCUT2D eigenvalue weighted by Gasteiger charge is -2.11. The normalized spacial score (nSPS) is 14.9. The zero-order valence-electron chi connectivity index (χ0n) is 15.1. The number of rotatable bonds is 11. The molecular weight excluding hydrogens is 320 g/mol. The largest absolute Gasteiger partial charge is 0.508 e. The Bertz CT molecular complexity index is 565. The van der Waals surface area contributed by atoms with Gasteiger partial charge in [-0.2, -0.15) is 0 Å². The molecule has 0 spiro atoms. The molecule has 0 aliphatic carbocycles. The first kappa shape index (κ1) is 22.4. The van der Waals surface area contributed by atoms with Crippen molar-refractivity contribution in [2.24, 2.45) is 0 Å². The number of carbonyl (C=O) groups excluding carboxylic acids is 2. The zero-order valence-corrected chi connectivity index (χ0v) is 15.1. The zero-order chi connectivity index (χ0) is 19.1. The number of hydrogen-bond donors (Lipinski definition) is 2. The predicted octanol–water partition coefficient (Wildman–Crippen LogP) is 4.64. The highest BCUT2D eigenvalue weighted by molar-refractivity contribution is 5.88. The van der Waals surface area contributed by atoms with Crippen LogP contribution >= 0.6 is 0 Å². The van der Waals surface area contributed by atoms with E-state index in [1.807, 2.05) is 19.1 Å². The van der Waals surface area contributed by atoms with Crippen molar-refractivity contribution in [3.63, 3.8) is 0 Å². The number of hydrogen-bond acceptors (Lipinski definition) is 5. The minimum Gasteiger partial charge on any atom is -0.508 e. The van der Waals surface area contributed by atoms with E-state index in [0.29, 0.717) is 6.42 Å². The summed E-state index contributed by atoms with van der Waals surface area (Å²) in [6.45, 7) is 5.11. The first-order valence-electron chi connectivity index (χ1n) is 8.35. The van der Waals surface area contributed by atoms with Gasteiger partial charge in [0.1, 0.15) is 23.9 Å². The summed E-state index contributed by atoms with van der Waals surface area (Å²) < 4.78 is 5.24. The van der Waals surface area contributed by atoms with Crippen LogP contribution in [0.5, 0.6) is 0 Å². The van der Waals surface area contributed by atoms with E-state index in [1.54, 1.807) is 19.1 Å². The topological polar surface area (TPSA) is 83.8 Å². The summed E-state index contributed by atoms with van der Waals surface area (Å²) in [6.07, 6.45) is 14.7. The molecule has 0 rings (SSSR count). The summed E-state index contributed by atoms with van der Waals surface area (Å²) in [5, 5.41) is 19.4. The van der Waals surface area contributed by atoms with Gasteiger partial charge in [0.25, 0.3) is 0 Å². The van der Waals surface area contributed by atoms with Gasteiger partial charge in [-0.1, -0.05) is 31.2 Å². The van der Waals surface area contributed by atoms with E-state index in [0.717, 1.165) is 31.6 Å². The van der Waals surface area contributed by atoms with Crippen LogP contribution in [-0.2, 0) is 14.3 Å². The van der Waals surface area contributed by atoms with Gasteiger partial charge in [0.2, 0.25) is 0 Å². The first-order valence-corrected chi connectivity index (χ1v) is 8.35. The fraction of sp³-hybridized carbons (Fsp3) is 0.400. The van der Waals surface area contributed by atoms with Gasteiger partial charge < -0.3 is 14.9 Å². The van der Waals surface area contributed by atoms with Crippen molar-refractivity contribution in [3.8, 4) is 0 Å². The Morgan fingerprint density at radius 2 is 1.80 bits per heavy atom. The van der Waals surface area contributed by atoms with Crippen LogP contribution in [0, 0.1) is 0 Å². The van der Waals surface area contributed by atoms with E-state index in [1.165, 1.54) is 19.1 Å². The third-order valence-corrected chi connectivity index (χ3v) is 3.16. The molecular formula is C20H28O5. The number of esters is 1. The van der Waals surface area contributed by atoms with Crippen LogP contribution in [0.15, 0.2) is 59.6 Å². The molecule has 138 valence electrons. The van der Waals surface area contributed by atoms with Crippen molar-refractivity contribution < 1.29 is 24.5 Å². The molecule has 2 N–H and O–H groups in total. The maximum atomic E-state index is 12.0. The van der Waals surface area contributed by atoms with Crippen molar-refractivity contribution in [3.05, 3.63) is 59.6 Å². The molecule has 0 aromatic heterocycles. The average molecular weight is 348 g/mol.